The van der Waals surface area contributed by atoms with E-state index in [1.54, 1.807) is 11.1 Å². The molecular formula is C27H40. The fourth-order valence-corrected chi connectivity index (χ4v) is 3.91. The zero-order valence-corrected chi connectivity index (χ0v) is 17.8. The number of benzene rings is 2. The molecule has 0 saturated carbocycles. The van der Waals surface area contributed by atoms with Crippen LogP contribution in [0.4, 0.5) is 0 Å². The van der Waals surface area contributed by atoms with Crippen molar-refractivity contribution in [3.63, 3.8) is 0 Å². The minimum absolute atomic E-state index is 1.08. The Morgan fingerprint density at radius 3 is 1.81 bits per heavy atom. The lowest BCUT2D eigenvalue weighted by Gasteiger charge is -2.13. The van der Waals surface area contributed by atoms with E-state index in [0.29, 0.717) is 0 Å². The summed E-state index contributed by atoms with van der Waals surface area (Å²) < 4.78 is 0. The molecule has 2 aromatic carbocycles. The van der Waals surface area contributed by atoms with Crippen LogP contribution in [0.15, 0.2) is 48.5 Å². The molecule has 0 spiro atoms. The van der Waals surface area contributed by atoms with E-state index in [9.17, 15) is 0 Å². The van der Waals surface area contributed by atoms with Crippen LogP contribution < -0.4 is 0 Å². The van der Waals surface area contributed by atoms with Gasteiger partial charge in [0.25, 0.3) is 0 Å². The Kier molecular flexibility index (Phi) is 10.9. The van der Waals surface area contributed by atoms with Gasteiger partial charge in [-0.15, -0.1) is 0 Å². The van der Waals surface area contributed by atoms with Crippen LogP contribution in [0.3, 0.4) is 0 Å². The minimum atomic E-state index is 1.08. The Bertz CT molecular complexity index is 611. The van der Waals surface area contributed by atoms with Crippen LogP contribution in [0, 0.1) is 0 Å². The number of rotatable bonds is 14. The number of unbranched alkanes of at least 4 members (excludes halogenated alkanes) is 8. The molecule has 0 heterocycles. The van der Waals surface area contributed by atoms with Crippen LogP contribution in [0.1, 0.15) is 100 Å². The molecule has 0 N–H and O–H groups in total. The van der Waals surface area contributed by atoms with E-state index in [2.05, 4.69) is 62.4 Å². The van der Waals surface area contributed by atoms with Gasteiger partial charge >= 0.3 is 0 Å². The highest BCUT2D eigenvalue weighted by Gasteiger charge is 2.06. The van der Waals surface area contributed by atoms with Crippen molar-refractivity contribution in [1.29, 1.82) is 0 Å². The number of aryl methyl sites for hydroxylation is 2. The zero-order chi connectivity index (χ0) is 19.2. The number of hydrogen-bond acceptors (Lipinski definition) is 0. The van der Waals surface area contributed by atoms with Crippen LogP contribution in [0.2, 0.25) is 0 Å². The lowest BCUT2D eigenvalue weighted by Crippen LogP contribution is -1.99. The van der Waals surface area contributed by atoms with E-state index in [4.69, 9.17) is 0 Å². The normalized spacial score (nSPS) is 11.0. The summed E-state index contributed by atoms with van der Waals surface area (Å²) in [5.41, 5.74) is 6.10. The maximum absolute atomic E-state index is 2.51. The second kappa shape index (κ2) is 13.6. The first-order chi connectivity index (χ1) is 13.3. The Hall–Kier alpha value is -1.56. The topological polar surface area (TPSA) is 0 Å². The molecular weight excluding hydrogens is 324 g/mol. The summed E-state index contributed by atoms with van der Waals surface area (Å²) in [6, 6.07) is 18.3. The maximum Gasteiger partial charge on any atom is -0.00229 e. The molecule has 0 saturated heterocycles. The predicted molar refractivity (Wildman–Crippen MR) is 121 cm³/mol. The standard InChI is InChI=1S/C27H40/c1-3-5-7-9-12-18-25-20-21-26(19-15-10-8-6-4-2)27(23-25)22-24-16-13-11-14-17-24/h11,13-14,16-17,20-21,23H,3-10,12,15,18-19,22H2,1-2H3. The lowest BCUT2D eigenvalue weighted by molar-refractivity contribution is 0.629. The van der Waals surface area contributed by atoms with Gasteiger partial charge in [-0.3, -0.25) is 0 Å². The molecule has 148 valence electrons. The van der Waals surface area contributed by atoms with Gasteiger partial charge in [-0.1, -0.05) is 114 Å². The van der Waals surface area contributed by atoms with Crippen LogP contribution in [0.5, 0.6) is 0 Å². The van der Waals surface area contributed by atoms with Crippen molar-refractivity contribution in [3.8, 4) is 0 Å². The first-order valence-corrected chi connectivity index (χ1v) is 11.5. The third-order valence-electron chi connectivity index (χ3n) is 5.63. The van der Waals surface area contributed by atoms with E-state index in [-0.39, 0.29) is 0 Å². The fraction of sp³-hybridized carbons (Fsp3) is 0.556. The third-order valence-corrected chi connectivity index (χ3v) is 5.63. The molecule has 2 aromatic rings. The van der Waals surface area contributed by atoms with Gasteiger partial charge in [0.1, 0.15) is 0 Å². The van der Waals surface area contributed by atoms with Crippen molar-refractivity contribution in [2.24, 2.45) is 0 Å². The van der Waals surface area contributed by atoms with Gasteiger partial charge in [-0.25, -0.2) is 0 Å². The summed E-state index contributed by atoms with van der Waals surface area (Å²) in [6.07, 6.45) is 17.2. The predicted octanol–water partition coefficient (Wildman–Crippen LogP) is 8.30. The van der Waals surface area contributed by atoms with Gasteiger partial charge in [0.15, 0.2) is 0 Å². The molecule has 0 unspecified atom stereocenters. The van der Waals surface area contributed by atoms with E-state index in [0.717, 1.165) is 6.42 Å². The highest BCUT2D eigenvalue weighted by atomic mass is 14.1. The first kappa shape index (κ1) is 21.7. The van der Waals surface area contributed by atoms with Crippen molar-refractivity contribution in [1.82, 2.24) is 0 Å². The average Bonchev–Trinajstić information content (AvgIpc) is 2.70. The van der Waals surface area contributed by atoms with E-state index < -0.39 is 0 Å². The molecule has 0 heteroatoms. The minimum Gasteiger partial charge on any atom is -0.0654 e. The molecule has 0 atom stereocenters. The highest BCUT2D eigenvalue weighted by molar-refractivity contribution is 5.36. The van der Waals surface area contributed by atoms with Crippen LogP contribution in [-0.4, -0.2) is 0 Å². The molecule has 0 nitrogen and oxygen atoms in total. The fourth-order valence-electron chi connectivity index (χ4n) is 3.91. The van der Waals surface area contributed by atoms with Crippen LogP contribution >= 0.6 is 0 Å². The van der Waals surface area contributed by atoms with Gasteiger partial charge in [-0.05, 0) is 54.4 Å². The second-order valence-corrected chi connectivity index (χ2v) is 8.09. The van der Waals surface area contributed by atoms with Gasteiger partial charge < -0.3 is 0 Å². The molecule has 0 aliphatic heterocycles. The monoisotopic (exact) mass is 364 g/mol. The highest BCUT2D eigenvalue weighted by Crippen LogP contribution is 2.21. The summed E-state index contributed by atoms with van der Waals surface area (Å²) in [5, 5.41) is 0. The molecule has 0 amide bonds. The van der Waals surface area contributed by atoms with Crippen molar-refractivity contribution in [3.05, 3.63) is 70.8 Å². The number of hydrogen-bond donors (Lipinski definition) is 0. The molecule has 0 radical (unpaired) electrons. The van der Waals surface area contributed by atoms with Crippen LogP contribution in [-0.2, 0) is 19.3 Å². The molecule has 27 heavy (non-hydrogen) atoms. The van der Waals surface area contributed by atoms with Gasteiger partial charge in [-0.2, -0.15) is 0 Å². The van der Waals surface area contributed by atoms with E-state index in [1.807, 2.05) is 0 Å². The summed E-state index contributed by atoms with van der Waals surface area (Å²) >= 11 is 0. The molecule has 0 aliphatic carbocycles. The SMILES string of the molecule is CCCCCCCc1ccc(CCCCCCC)c(Cc2ccccc2)c1. The lowest BCUT2D eigenvalue weighted by atomic mass is 9.92. The Balaban J connectivity index is 1.98. The van der Waals surface area contributed by atoms with E-state index in [1.165, 1.54) is 88.2 Å². The molecule has 2 rings (SSSR count). The first-order valence-electron chi connectivity index (χ1n) is 11.5. The Labute approximate surface area is 168 Å². The van der Waals surface area contributed by atoms with Crippen molar-refractivity contribution in [2.45, 2.75) is 97.3 Å². The van der Waals surface area contributed by atoms with Crippen LogP contribution in [0.25, 0.3) is 0 Å². The molecule has 0 fully saturated rings. The third kappa shape index (κ3) is 8.78. The Morgan fingerprint density at radius 1 is 0.519 bits per heavy atom. The quantitative estimate of drug-likeness (QED) is 0.296. The summed E-state index contributed by atoms with van der Waals surface area (Å²) in [7, 11) is 0. The summed E-state index contributed by atoms with van der Waals surface area (Å²) in [5.74, 6) is 0. The van der Waals surface area contributed by atoms with Gasteiger partial charge in [0.2, 0.25) is 0 Å². The maximum atomic E-state index is 2.51. The largest absolute Gasteiger partial charge is 0.0654 e. The smallest absolute Gasteiger partial charge is 0.00229 e. The zero-order valence-electron chi connectivity index (χ0n) is 17.8. The molecule has 0 aliphatic rings. The van der Waals surface area contributed by atoms with Gasteiger partial charge in [0.05, 0.1) is 0 Å². The molecule has 0 bridgehead atoms. The van der Waals surface area contributed by atoms with E-state index >= 15 is 0 Å². The van der Waals surface area contributed by atoms with Crippen molar-refractivity contribution < 1.29 is 0 Å². The van der Waals surface area contributed by atoms with Crippen molar-refractivity contribution >= 4 is 0 Å². The second-order valence-electron chi connectivity index (χ2n) is 8.09. The van der Waals surface area contributed by atoms with Crippen molar-refractivity contribution in [2.75, 3.05) is 0 Å². The summed E-state index contributed by atoms with van der Waals surface area (Å²) in [4.78, 5) is 0. The Morgan fingerprint density at radius 2 is 1.15 bits per heavy atom. The average molecular weight is 365 g/mol. The van der Waals surface area contributed by atoms with Gasteiger partial charge in [0, 0.05) is 0 Å². The molecule has 0 aromatic heterocycles. The summed E-state index contributed by atoms with van der Waals surface area (Å²) in [6.45, 7) is 4.58.